The maximum atomic E-state index is 8.33. The molecule has 0 bridgehead atoms. The van der Waals surface area contributed by atoms with Gasteiger partial charge < -0.3 is 9.97 Å². The summed E-state index contributed by atoms with van der Waals surface area (Å²) in [6, 6.07) is 31.9. The van der Waals surface area contributed by atoms with E-state index in [0.717, 1.165) is 28.1 Å². The first-order chi connectivity index (χ1) is 20.6. The Kier molecular flexibility index (Phi) is 10.2. The molecule has 44 heavy (non-hydrogen) atoms. The van der Waals surface area contributed by atoms with Crippen LogP contribution >= 0.6 is 11.3 Å². The number of benzene rings is 3. The van der Waals surface area contributed by atoms with Crippen LogP contribution in [-0.2, 0) is 20.1 Å². The average molecular weight is 808 g/mol. The van der Waals surface area contributed by atoms with Gasteiger partial charge in [0, 0.05) is 38.6 Å². The first-order valence-electron chi connectivity index (χ1n) is 15.4. The minimum absolute atomic E-state index is 0. The van der Waals surface area contributed by atoms with E-state index in [4.69, 9.17) is 1.37 Å². The molecule has 6 heteroatoms. The molecule has 0 amide bonds. The summed E-state index contributed by atoms with van der Waals surface area (Å²) in [6.45, 7) is 20.2. The molecule has 3 aromatic heterocycles. The quantitative estimate of drug-likeness (QED) is 0.128. The molecule has 0 spiro atoms. The molecule has 6 rings (SSSR count). The fourth-order valence-electron chi connectivity index (χ4n) is 5.32. The molecule has 229 valence electrons. The molecule has 0 aliphatic carbocycles. The number of aromatic nitrogens is 2. The van der Waals surface area contributed by atoms with Gasteiger partial charge in [-0.3, -0.25) is 0 Å². The largest absolute Gasteiger partial charge is 0.305 e. The van der Waals surface area contributed by atoms with E-state index in [-0.39, 0.29) is 20.1 Å². The summed E-state index contributed by atoms with van der Waals surface area (Å²) in [7, 11) is -2.61. The SMILES string of the molecule is Cc1cc(-c2[c-]cccc2)ncc1[Si](C)(C)C.[2H]C(C)(C)c1ccnc(-c2[c-]ccc3c2sc2cc([Si](C)(C)C)ccc23)c1.[Ir]. The third kappa shape index (κ3) is 7.55. The number of thiophene rings is 1. The number of hydrogen-bond donors (Lipinski definition) is 0. The summed E-state index contributed by atoms with van der Waals surface area (Å²) in [6.07, 6.45) is 3.86. The van der Waals surface area contributed by atoms with Gasteiger partial charge in [0.1, 0.15) is 0 Å². The van der Waals surface area contributed by atoms with Gasteiger partial charge in [0.2, 0.25) is 0 Å². The van der Waals surface area contributed by atoms with Crippen molar-refractivity contribution in [3.63, 3.8) is 0 Å². The van der Waals surface area contributed by atoms with Crippen LogP contribution in [0.1, 0.15) is 32.2 Å². The molecule has 0 fully saturated rings. The number of fused-ring (bicyclic) bond motifs is 3. The normalized spacial score (nSPS) is 12.3. The number of hydrogen-bond acceptors (Lipinski definition) is 3. The van der Waals surface area contributed by atoms with E-state index in [1.54, 1.807) is 0 Å². The van der Waals surface area contributed by atoms with E-state index in [1.165, 1.54) is 36.1 Å². The molecule has 3 aromatic carbocycles. The molecule has 3 heterocycles. The van der Waals surface area contributed by atoms with E-state index < -0.39 is 22.0 Å². The molecular formula is C38H42IrN2SSi2-2. The van der Waals surface area contributed by atoms with Gasteiger partial charge in [0.05, 0.1) is 16.1 Å². The zero-order valence-electron chi connectivity index (χ0n) is 28.2. The molecule has 1 radical (unpaired) electrons. The Morgan fingerprint density at radius 2 is 1.57 bits per heavy atom. The van der Waals surface area contributed by atoms with Gasteiger partial charge >= 0.3 is 0 Å². The van der Waals surface area contributed by atoms with Crippen LogP contribution in [0.4, 0.5) is 0 Å². The van der Waals surface area contributed by atoms with Gasteiger partial charge in [0.25, 0.3) is 0 Å². The number of nitrogens with zero attached hydrogens (tertiary/aromatic N) is 2. The molecule has 0 N–H and O–H groups in total. The maximum absolute atomic E-state index is 8.33. The van der Waals surface area contributed by atoms with Crippen molar-refractivity contribution in [1.29, 1.82) is 0 Å². The third-order valence-electron chi connectivity index (χ3n) is 7.80. The monoisotopic (exact) mass is 808 g/mol. The van der Waals surface area contributed by atoms with Gasteiger partial charge in [-0.1, -0.05) is 99.1 Å². The van der Waals surface area contributed by atoms with Gasteiger partial charge in [-0.05, 0) is 51.6 Å². The summed E-state index contributed by atoms with van der Waals surface area (Å²) in [5, 5.41) is 5.51. The van der Waals surface area contributed by atoms with Crippen LogP contribution in [0.3, 0.4) is 0 Å². The van der Waals surface area contributed by atoms with Gasteiger partial charge in [-0.25, -0.2) is 0 Å². The number of aryl methyl sites for hydroxylation is 1. The van der Waals surface area contributed by atoms with Crippen LogP contribution in [0, 0.1) is 19.1 Å². The maximum Gasteiger partial charge on any atom is 0.0798 e. The molecule has 0 saturated carbocycles. The van der Waals surface area contributed by atoms with E-state index >= 15 is 0 Å². The predicted molar refractivity (Wildman–Crippen MR) is 195 cm³/mol. The standard InChI is InChI=1S/C23H24NSSi.C15H18NSi.Ir/c1-15(2)16-11-12-24-21(13-16)20-8-6-7-19-18-10-9-17(26(3,4)5)14-22(18)25-23(19)20;1-12-10-14(13-8-6-5-7-9-13)16-11-15(12)17(2,3)4;/h6-7,9-15H,1-5H3;5-8,10-11H,1-4H3;/q2*-1;/i15D;;. The molecule has 6 aromatic rings. The Hall–Kier alpha value is -2.74. The fourth-order valence-corrected chi connectivity index (χ4v) is 9.54. The van der Waals surface area contributed by atoms with Crippen molar-refractivity contribution in [2.45, 2.75) is 65.9 Å². The predicted octanol–water partition coefficient (Wildman–Crippen LogP) is 9.99. The van der Waals surface area contributed by atoms with E-state index in [2.05, 4.69) is 111 Å². The average Bonchev–Trinajstić information content (AvgIpc) is 3.35. The summed E-state index contributed by atoms with van der Waals surface area (Å²) in [4.78, 5) is 9.18. The smallest absolute Gasteiger partial charge is 0.0798 e. The minimum atomic E-state index is -1.34. The van der Waals surface area contributed by atoms with Crippen molar-refractivity contribution in [1.82, 2.24) is 9.97 Å². The Morgan fingerprint density at radius 3 is 2.20 bits per heavy atom. The van der Waals surface area contributed by atoms with Crippen LogP contribution in [0.2, 0.25) is 39.3 Å². The van der Waals surface area contributed by atoms with Crippen LogP contribution in [0.5, 0.6) is 0 Å². The summed E-state index contributed by atoms with van der Waals surface area (Å²) in [5.41, 5.74) is 6.35. The van der Waals surface area contributed by atoms with Crippen molar-refractivity contribution in [2.24, 2.45) is 0 Å². The zero-order chi connectivity index (χ0) is 31.9. The van der Waals surface area contributed by atoms with Gasteiger partial charge in [0.15, 0.2) is 0 Å². The Labute approximate surface area is 284 Å². The molecule has 0 aliphatic heterocycles. The van der Waals surface area contributed by atoms with Crippen LogP contribution < -0.4 is 10.4 Å². The molecular weight excluding hydrogens is 765 g/mol. The molecule has 2 nitrogen and oxygen atoms in total. The Bertz CT molecular complexity index is 1930. The Morgan fingerprint density at radius 1 is 0.795 bits per heavy atom. The second-order valence-electron chi connectivity index (χ2n) is 13.5. The number of rotatable bonds is 5. The fraction of sp³-hybridized carbons (Fsp3) is 0.263. The summed E-state index contributed by atoms with van der Waals surface area (Å²) < 4.78 is 10.9. The third-order valence-corrected chi connectivity index (χ3v) is 13.2. The molecule has 0 unspecified atom stereocenters. The number of pyridine rings is 2. The zero-order valence-corrected chi connectivity index (χ0v) is 32.4. The molecule has 0 atom stereocenters. The first-order valence-corrected chi connectivity index (χ1v) is 22.7. The molecule has 0 saturated heterocycles. The summed E-state index contributed by atoms with van der Waals surface area (Å²) >= 11 is 1.83. The van der Waals surface area contributed by atoms with E-state index in [0.29, 0.717) is 0 Å². The van der Waals surface area contributed by atoms with Gasteiger partial charge in [-0.15, -0.1) is 59.7 Å². The van der Waals surface area contributed by atoms with E-state index in [9.17, 15) is 0 Å². The van der Waals surface area contributed by atoms with Gasteiger partial charge in [-0.2, -0.15) is 11.3 Å². The van der Waals surface area contributed by atoms with Crippen molar-refractivity contribution in [3.05, 3.63) is 108 Å². The van der Waals surface area contributed by atoms with Crippen molar-refractivity contribution >= 4 is 58.0 Å². The first kappa shape index (κ1) is 32.7. The van der Waals surface area contributed by atoms with E-state index in [1.807, 2.05) is 67.8 Å². The second kappa shape index (κ2) is 13.7. The topological polar surface area (TPSA) is 25.8 Å². The second-order valence-corrected chi connectivity index (χ2v) is 24.7. The molecule has 0 aliphatic rings. The Balaban J connectivity index is 0.000000222. The van der Waals surface area contributed by atoms with Crippen molar-refractivity contribution in [3.8, 4) is 22.5 Å². The van der Waals surface area contributed by atoms with Crippen LogP contribution in [0.15, 0.2) is 85.2 Å². The minimum Gasteiger partial charge on any atom is -0.305 e. The van der Waals surface area contributed by atoms with Crippen LogP contribution in [-0.4, -0.2) is 26.1 Å². The van der Waals surface area contributed by atoms with Crippen molar-refractivity contribution < 1.29 is 21.5 Å². The summed E-state index contributed by atoms with van der Waals surface area (Å²) in [5.74, 6) is -0.641. The van der Waals surface area contributed by atoms with Crippen LogP contribution in [0.25, 0.3) is 42.7 Å². The van der Waals surface area contributed by atoms with Crippen molar-refractivity contribution in [2.75, 3.05) is 0 Å².